The van der Waals surface area contributed by atoms with E-state index < -0.39 is 23.1 Å². The van der Waals surface area contributed by atoms with E-state index in [1.54, 1.807) is 19.1 Å². The Labute approximate surface area is 151 Å². The van der Waals surface area contributed by atoms with E-state index in [0.717, 1.165) is 12.1 Å². The fourth-order valence-electron chi connectivity index (χ4n) is 3.81. The van der Waals surface area contributed by atoms with Crippen LogP contribution in [0.25, 0.3) is 0 Å². The summed E-state index contributed by atoms with van der Waals surface area (Å²) < 4.78 is 49.4. The molecule has 1 aliphatic heterocycles. The lowest BCUT2D eigenvalue weighted by Crippen LogP contribution is -2.24. The summed E-state index contributed by atoms with van der Waals surface area (Å²) in [5.74, 6) is 0.222. The largest absolute Gasteiger partial charge is 0.493 e. The third kappa shape index (κ3) is 2.48. The summed E-state index contributed by atoms with van der Waals surface area (Å²) in [6.07, 6.45) is -0.857. The molecule has 0 spiro atoms. The summed E-state index contributed by atoms with van der Waals surface area (Å²) in [7, 11) is 0. The van der Waals surface area contributed by atoms with E-state index in [9.17, 15) is 23.1 Å². The quantitative estimate of drug-likeness (QED) is 0.822. The van der Waals surface area contributed by atoms with Crippen LogP contribution >= 0.6 is 11.6 Å². The van der Waals surface area contributed by atoms with Crippen molar-refractivity contribution in [2.24, 2.45) is 17.3 Å². The highest BCUT2D eigenvalue weighted by molar-refractivity contribution is 6.32. The first-order valence-electron chi connectivity index (χ1n) is 7.98. The Bertz CT molecular complexity index is 860. The average molecular weight is 387 g/mol. The third-order valence-corrected chi connectivity index (χ3v) is 5.66. The van der Waals surface area contributed by atoms with Crippen LogP contribution in [0.15, 0.2) is 41.9 Å². The van der Waals surface area contributed by atoms with Gasteiger partial charge in [-0.25, -0.2) is 0 Å². The molecule has 1 heterocycles. The predicted molar refractivity (Wildman–Crippen MR) is 85.5 cm³/mol. The first-order chi connectivity index (χ1) is 12.1. The number of carboxylic acids is 1. The minimum atomic E-state index is -4.48. The number of allylic oxidation sites excluding steroid dienone is 3. The summed E-state index contributed by atoms with van der Waals surface area (Å²) in [6.45, 7) is 1.68. The highest BCUT2D eigenvalue weighted by Gasteiger charge is 2.75. The number of rotatable bonds is 3. The summed E-state index contributed by atoms with van der Waals surface area (Å²) in [4.78, 5) is 11.4. The monoisotopic (exact) mass is 386 g/mol. The maximum Gasteiger partial charge on any atom is 0.416 e. The Balaban J connectivity index is 1.49. The zero-order valence-electron chi connectivity index (χ0n) is 13.5. The predicted octanol–water partition coefficient (Wildman–Crippen LogP) is 4.64. The lowest BCUT2D eigenvalue weighted by molar-refractivity contribution is -0.145. The smallest absolute Gasteiger partial charge is 0.416 e. The minimum absolute atomic E-state index is 0.0171. The molecule has 0 amide bonds. The molecule has 1 unspecified atom stereocenters. The van der Waals surface area contributed by atoms with Gasteiger partial charge in [0.15, 0.2) is 0 Å². The van der Waals surface area contributed by atoms with Crippen molar-refractivity contribution in [2.75, 3.05) is 0 Å². The highest BCUT2D eigenvalue weighted by Crippen LogP contribution is 2.66. The molecule has 1 aromatic rings. The molecule has 0 aromatic heterocycles. The number of halogens is 4. The van der Waals surface area contributed by atoms with E-state index in [-0.39, 0.29) is 28.7 Å². The molecule has 138 valence electrons. The Morgan fingerprint density at radius 2 is 2.15 bits per heavy atom. The highest BCUT2D eigenvalue weighted by atomic mass is 35.5. The van der Waals surface area contributed by atoms with Gasteiger partial charge in [0.1, 0.15) is 28.8 Å². The standard InChI is InChI=1S/C18H14ClF3O4/c1-17(16(23)24)14-10-4-3-9(7-13(10)26-15(14)17)25-12-5-2-8(6-11(12)19)18(20,21)22/h2-3,5-7,10,14-15H,4H2,1H3,(H,23,24)/t10?,14-,15+,17-/m0/s1. The van der Waals surface area contributed by atoms with Gasteiger partial charge in [0.25, 0.3) is 0 Å². The molecule has 1 saturated carbocycles. The van der Waals surface area contributed by atoms with Crippen LogP contribution in [0.1, 0.15) is 18.9 Å². The number of hydrogen-bond donors (Lipinski definition) is 1. The molecule has 3 aliphatic rings. The molecule has 1 saturated heterocycles. The number of carboxylic acid groups (broad SMARTS) is 1. The molecule has 1 aromatic carbocycles. The first-order valence-corrected chi connectivity index (χ1v) is 8.36. The van der Waals surface area contributed by atoms with Crippen LogP contribution in [-0.2, 0) is 15.7 Å². The molecule has 8 heteroatoms. The Morgan fingerprint density at radius 1 is 1.42 bits per heavy atom. The van der Waals surface area contributed by atoms with Gasteiger partial charge < -0.3 is 14.6 Å². The van der Waals surface area contributed by atoms with Crippen molar-refractivity contribution < 1.29 is 32.5 Å². The van der Waals surface area contributed by atoms with Crippen LogP contribution < -0.4 is 4.74 Å². The van der Waals surface area contributed by atoms with Crippen LogP contribution in [-0.4, -0.2) is 17.2 Å². The van der Waals surface area contributed by atoms with Gasteiger partial charge in [-0.3, -0.25) is 4.79 Å². The second-order valence-electron chi connectivity index (χ2n) is 6.89. The molecule has 0 bridgehead atoms. The third-order valence-electron chi connectivity index (χ3n) is 5.37. The van der Waals surface area contributed by atoms with E-state index in [2.05, 4.69) is 0 Å². The summed E-state index contributed by atoms with van der Waals surface area (Å²) >= 11 is 5.90. The van der Waals surface area contributed by atoms with Gasteiger partial charge in [0.2, 0.25) is 0 Å². The number of hydrogen-bond acceptors (Lipinski definition) is 3. The van der Waals surface area contributed by atoms with E-state index in [0.29, 0.717) is 17.9 Å². The number of carbonyl (C=O) groups is 1. The van der Waals surface area contributed by atoms with E-state index in [1.807, 2.05) is 0 Å². The zero-order valence-corrected chi connectivity index (χ0v) is 14.3. The number of fused-ring (bicyclic) bond motifs is 3. The number of benzene rings is 1. The summed E-state index contributed by atoms with van der Waals surface area (Å²) in [6, 6.07) is 2.89. The lowest BCUT2D eigenvalue weighted by Gasteiger charge is -2.23. The molecule has 0 radical (unpaired) electrons. The Kier molecular flexibility index (Phi) is 3.60. The van der Waals surface area contributed by atoms with Crippen molar-refractivity contribution in [1.29, 1.82) is 0 Å². The zero-order chi connectivity index (χ0) is 18.9. The second-order valence-corrected chi connectivity index (χ2v) is 7.30. The topological polar surface area (TPSA) is 55.8 Å². The molecular weight excluding hydrogens is 373 g/mol. The van der Waals surface area contributed by atoms with E-state index in [4.69, 9.17) is 21.1 Å². The van der Waals surface area contributed by atoms with Crippen molar-refractivity contribution in [3.63, 3.8) is 0 Å². The van der Waals surface area contributed by atoms with Gasteiger partial charge in [-0.2, -0.15) is 13.2 Å². The van der Waals surface area contributed by atoms with Crippen molar-refractivity contribution in [1.82, 2.24) is 0 Å². The molecular formula is C18H14ClF3O4. The Hall–Kier alpha value is -2.15. The lowest BCUT2D eigenvalue weighted by atomic mass is 9.88. The van der Waals surface area contributed by atoms with E-state index >= 15 is 0 Å². The maximum absolute atomic E-state index is 12.7. The van der Waals surface area contributed by atoms with Gasteiger partial charge >= 0.3 is 12.1 Å². The summed E-state index contributed by atoms with van der Waals surface area (Å²) in [5.41, 5.74) is -1.71. The molecule has 26 heavy (non-hydrogen) atoms. The van der Waals surface area contributed by atoms with Crippen molar-refractivity contribution >= 4 is 17.6 Å². The van der Waals surface area contributed by atoms with E-state index in [1.165, 1.54) is 6.07 Å². The van der Waals surface area contributed by atoms with Gasteiger partial charge in [-0.15, -0.1) is 0 Å². The minimum Gasteiger partial charge on any atom is -0.493 e. The Morgan fingerprint density at radius 3 is 2.77 bits per heavy atom. The molecule has 2 aliphatic carbocycles. The fourth-order valence-corrected chi connectivity index (χ4v) is 4.03. The van der Waals surface area contributed by atoms with Crippen LogP contribution in [0.5, 0.6) is 5.75 Å². The van der Waals surface area contributed by atoms with Crippen LogP contribution in [0.3, 0.4) is 0 Å². The number of aliphatic carboxylic acids is 1. The van der Waals surface area contributed by atoms with Crippen LogP contribution in [0.2, 0.25) is 5.02 Å². The fraction of sp³-hybridized carbons (Fsp3) is 0.389. The number of alkyl halides is 3. The van der Waals surface area contributed by atoms with Gasteiger partial charge in [-0.1, -0.05) is 11.6 Å². The van der Waals surface area contributed by atoms with Crippen molar-refractivity contribution in [2.45, 2.75) is 25.6 Å². The summed E-state index contributed by atoms with van der Waals surface area (Å²) in [5, 5.41) is 9.19. The van der Waals surface area contributed by atoms with Gasteiger partial charge in [-0.05, 0) is 37.6 Å². The van der Waals surface area contributed by atoms with Gasteiger partial charge in [0.05, 0.1) is 10.6 Å². The molecule has 4 rings (SSSR count). The van der Waals surface area contributed by atoms with Crippen LogP contribution in [0.4, 0.5) is 13.2 Å². The average Bonchev–Trinajstić information content (AvgIpc) is 2.97. The van der Waals surface area contributed by atoms with Crippen LogP contribution in [0, 0.1) is 17.3 Å². The molecule has 2 fully saturated rings. The SMILES string of the molecule is C[C@@]1(C(=O)O)[C@@H]2OC3=CC(Oc4ccc(C(F)(F)F)cc4Cl)=CCC3[C@@H]21. The molecule has 1 N–H and O–H groups in total. The molecule has 4 nitrogen and oxygen atoms in total. The normalized spacial score (nSPS) is 32.0. The number of ether oxygens (including phenoxy) is 2. The maximum atomic E-state index is 12.7. The second kappa shape index (κ2) is 5.42. The molecule has 4 atom stereocenters. The first kappa shape index (κ1) is 17.3. The van der Waals surface area contributed by atoms with Crippen molar-refractivity contribution in [3.05, 3.63) is 52.5 Å². The van der Waals surface area contributed by atoms with Gasteiger partial charge in [0, 0.05) is 17.9 Å². The van der Waals surface area contributed by atoms with Crippen molar-refractivity contribution in [3.8, 4) is 5.75 Å².